The molecule has 2 aromatic rings. The minimum absolute atomic E-state index is 0.327. The fraction of sp³-hybridized carbons (Fsp3) is 0.333. The topological polar surface area (TPSA) is 12.0 Å². The molecule has 0 aromatic heterocycles. The molecule has 0 aliphatic rings. The lowest BCUT2D eigenvalue weighted by Crippen LogP contribution is -2.17. The summed E-state index contributed by atoms with van der Waals surface area (Å²) in [6, 6.07) is 13.2. The Morgan fingerprint density at radius 3 is 2.48 bits per heavy atom. The van der Waals surface area contributed by atoms with Gasteiger partial charge in [-0.15, -0.1) is 0 Å². The first-order chi connectivity index (χ1) is 10.0. The zero-order valence-electron chi connectivity index (χ0n) is 13.0. The largest absolute Gasteiger partial charge is 0.310 e. The van der Waals surface area contributed by atoms with Crippen LogP contribution in [0, 0.1) is 13.8 Å². The number of aryl methyl sites for hydroxylation is 2. The highest BCUT2D eigenvalue weighted by Gasteiger charge is 2.09. The summed E-state index contributed by atoms with van der Waals surface area (Å²) in [5.74, 6) is 0. The summed E-state index contributed by atoms with van der Waals surface area (Å²) in [6.45, 7) is 9.50. The zero-order valence-corrected chi connectivity index (χ0v) is 14.6. The average molecular weight is 320 g/mol. The lowest BCUT2D eigenvalue weighted by Gasteiger charge is -2.14. The van der Waals surface area contributed by atoms with Crippen LogP contribution in [0.3, 0.4) is 0 Å². The first-order valence-corrected chi connectivity index (χ1v) is 8.48. The second kappa shape index (κ2) is 7.35. The van der Waals surface area contributed by atoms with Crippen LogP contribution in [0.25, 0.3) is 0 Å². The van der Waals surface area contributed by atoms with Crippen LogP contribution in [-0.2, 0) is 0 Å². The van der Waals surface area contributed by atoms with E-state index in [0.717, 1.165) is 16.5 Å². The molecule has 2 rings (SSSR count). The fourth-order valence-corrected chi connectivity index (χ4v) is 3.42. The lowest BCUT2D eigenvalue weighted by molar-refractivity contribution is 0.598. The highest BCUT2D eigenvalue weighted by molar-refractivity contribution is 7.99. The normalized spacial score (nSPS) is 12.4. The monoisotopic (exact) mass is 319 g/mol. The molecule has 0 saturated heterocycles. The molecule has 0 saturated carbocycles. The molecule has 21 heavy (non-hydrogen) atoms. The van der Waals surface area contributed by atoms with E-state index in [4.69, 9.17) is 11.6 Å². The van der Waals surface area contributed by atoms with Gasteiger partial charge in [0.2, 0.25) is 0 Å². The average Bonchev–Trinajstić information content (AvgIpc) is 2.45. The maximum absolute atomic E-state index is 6.45. The van der Waals surface area contributed by atoms with E-state index < -0.39 is 0 Å². The van der Waals surface area contributed by atoms with Gasteiger partial charge in [0.1, 0.15) is 0 Å². The first kappa shape index (κ1) is 16.4. The van der Waals surface area contributed by atoms with Crippen LogP contribution in [0.2, 0.25) is 5.02 Å². The van der Waals surface area contributed by atoms with Crippen LogP contribution in [0.15, 0.2) is 46.2 Å². The van der Waals surface area contributed by atoms with Gasteiger partial charge < -0.3 is 5.32 Å². The molecular weight excluding hydrogens is 298 g/mol. The summed E-state index contributed by atoms with van der Waals surface area (Å²) < 4.78 is 0. The molecule has 0 aliphatic heterocycles. The van der Waals surface area contributed by atoms with Crippen LogP contribution in [-0.4, -0.2) is 6.54 Å². The second-order valence-electron chi connectivity index (χ2n) is 5.32. The third kappa shape index (κ3) is 4.26. The molecule has 0 fully saturated rings. The Morgan fingerprint density at radius 1 is 1.10 bits per heavy atom. The molecule has 0 heterocycles. The van der Waals surface area contributed by atoms with Crippen molar-refractivity contribution >= 4 is 23.4 Å². The molecule has 1 N–H and O–H groups in total. The molecule has 0 spiro atoms. The second-order valence-corrected chi connectivity index (χ2v) is 6.84. The molecule has 2 aromatic carbocycles. The Morgan fingerprint density at radius 2 is 1.86 bits per heavy atom. The molecule has 1 atom stereocenters. The van der Waals surface area contributed by atoms with Crippen molar-refractivity contribution in [3.05, 3.63) is 58.1 Å². The Kier molecular flexibility index (Phi) is 5.74. The van der Waals surface area contributed by atoms with Gasteiger partial charge in [0, 0.05) is 15.8 Å². The van der Waals surface area contributed by atoms with Crippen LogP contribution in [0.5, 0.6) is 0 Å². The van der Waals surface area contributed by atoms with E-state index in [1.54, 1.807) is 11.8 Å². The van der Waals surface area contributed by atoms with Crippen molar-refractivity contribution in [2.75, 3.05) is 6.54 Å². The molecule has 0 amide bonds. The Hall–Kier alpha value is -0.960. The van der Waals surface area contributed by atoms with Gasteiger partial charge in [-0.25, -0.2) is 0 Å². The molecule has 0 radical (unpaired) electrons. The summed E-state index contributed by atoms with van der Waals surface area (Å²) in [6.07, 6.45) is 0. The van der Waals surface area contributed by atoms with Crippen molar-refractivity contribution in [1.29, 1.82) is 0 Å². The lowest BCUT2D eigenvalue weighted by atomic mass is 10.1. The number of halogens is 1. The number of benzene rings is 2. The Balaban J connectivity index is 2.19. The maximum atomic E-state index is 6.45. The van der Waals surface area contributed by atoms with E-state index in [1.165, 1.54) is 21.6 Å². The minimum Gasteiger partial charge on any atom is -0.310 e. The minimum atomic E-state index is 0.327. The SMILES string of the molecule is CCNC(C)c1ccc(Sc2ccc(C)c(C)c2)c(Cl)c1. The van der Waals surface area contributed by atoms with Crippen LogP contribution < -0.4 is 5.32 Å². The third-order valence-corrected chi connectivity index (χ3v) is 5.16. The number of hydrogen-bond acceptors (Lipinski definition) is 2. The van der Waals surface area contributed by atoms with E-state index >= 15 is 0 Å². The number of hydrogen-bond donors (Lipinski definition) is 1. The predicted molar refractivity (Wildman–Crippen MR) is 93.6 cm³/mol. The summed E-state index contributed by atoms with van der Waals surface area (Å²) in [5, 5.41) is 4.23. The van der Waals surface area contributed by atoms with Gasteiger partial charge >= 0.3 is 0 Å². The summed E-state index contributed by atoms with van der Waals surface area (Å²) in [5.41, 5.74) is 3.86. The van der Waals surface area contributed by atoms with Gasteiger partial charge in [0.25, 0.3) is 0 Å². The highest BCUT2D eigenvalue weighted by Crippen LogP contribution is 2.35. The molecule has 1 nitrogen and oxygen atoms in total. The quantitative estimate of drug-likeness (QED) is 0.749. The van der Waals surface area contributed by atoms with Gasteiger partial charge in [-0.05, 0) is 68.3 Å². The molecule has 1 unspecified atom stereocenters. The van der Waals surface area contributed by atoms with Crippen LogP contribution in [0.4, 0.5) is 0 Å². The van der Waals surface area contributed by atoms with Crippen molar-refractivity contribution in [3.63, 3.8) is 0 Å². The van der Waals surface area contributed by atoms with Gasteiger partial charge in [-0.1, -0.05) is 42.4 Å². The van der Waals surface area contributed by atoms with Crippen LogP contribution in [0.1, 0.15) is 36.6 Å². The Bertz CT molecular complexity index is 625. The zero-order chi connectivity index (χ0) is 15.4. The van der Waals surface area contributed by atoms with Crippen LogP contribution >= 0.6 is 23.4 Å². The van der Waals surface area contributed by atoms with E-state index in [2.05, 4.69) is 69.4 Å². The molecule has 0 aliphatic carbocycles. The standard InChI is InChI=1S/C18H22ClNS/c1-5-20-14(4)15-7-9-18(17(19)11-15)21-16-8-6-12(2)13(3)10-16/h6-11,14,20H,5H2,1-4H3. The van der Waals surface area contributed by atoms with Gasteiger partial charge in [0.05, 0.1) is 5.02 Å². The van der Waals surface area contributed by atoms with E-state index in [-0.39, 0.29) is 0 Å². The molecule has 0 bridgehead atoms. The fourth-order valence-electron chi connectivity index (χ4n) is 2.20. The highest BCUT2D eigenvalue weighted by atomic mass is 35.5. The van der Waals surface area contributed by atoms with Crippen molar-refractivity contribution in [3.8, 4) is 0 Å². The molecular formula is C18H22ClNS. The van der Waals surface area contributed by atoms with Crippen molar-refractivity contribution in [2.45, 2.75) is 43.5 Å². The van der Waals surface area contributed by atoms with E-state index in [1.807, 2.05) is 0 Å². The van der Waals surface area contributed by atoms with Gasteiger partial charge in [-0.2, -0.15) is 0 Å². The smallest absolute Gasteiger partial charge is 0.0548 e. The summed E-state index contributed by atoms with van der Waals surface area (Å²) >= 11 is 8.16. The molecule has 3 heteroatoms. The summed E-state index contributed by atoms with van der Waals surface area (Å²) in [4.78, 5) is 2.33. The Labute approximate surface area is 137 Å². The summed E-state index contributed by atoms with van der Waals surface area (Å²) in [7, 11) is 0. The van der Waals surface area contributed by atoms with Crippen molar-refractivity contribution in [1.82, 2.24) is 5.32 Å². The third-order valence-electron chi connectivity index (χ3n) is 3.67. The first-order valence-electron chi connectivity index (χ1n) is 7.29. The van der Waals surface area contributed by atoms with E-state index in [0.29, 0.717) is 6.04 Å². The van der Waals surface area contributed by atoms with Gasteiger partial charge in [-0.3, -0.25) is 0 Å². The number of rotatable bonds is 5. The number of nitrogens with one attached hydrogen (secondary N) is 1. The van der Waals surface area contributed by atoms with Crippen molar-refractivity contribution in [2.24, 2.45) is 0 Å². The molecule has 112 valence electrons. The predicted octanol–water partition coefficient (Wildman–Crippen LogP) is 5.78. The maximum Gasteiger partial charge on any atom is 0.0548 e. The van der Waals surface area contributed by atoms with E-state index in [9.17, 15) is 0 Å². The van der Waals surface area contributed by atoms with Gasteiger partial charge in [0.15, 0.2) is 0 Å². The van der Waals surface area contributed by atoms with Crippen molar-refractivity contribution < 1.29 is 0 Å².